The van der Waals surface area contributed by atoms with Crippen LogP contribution >= 0.6 is 0 Å². The predicted molar refractivity (Wildman–Crippen MR) is 95.6 cm³/mol. The summed E-state index contributed by atoms with van der Waals surface area (Å²) in [5.41, 5.74) is 3.39. The molecule has 0 aliphatic carbocycles. The number of hydrogen-bond acceptors (Lipinski definition) is 3. The minimum Gasteiger partial charge on any atom is -0.480 e. The molecule has 1 aromatic heterocycles. The van der Waals surface area contributed by atoms with Crippen LogP contribution in [0.15, 0.2) is 30.3 Å². The fourth-order valence-corrected chi connectivity index (χ4v) is 2.75. The van der Waals surface area contributed by atoms with Gasteiger partial charge in [0.2, 0.25) is 0 Å². The van der Waals surface area contributed by atoms with E-state index in [4.69, 9.17) is 0 Å². The van der Waals surface area contributed by atoms with Crippen molar-refractivity contribution in [1.82, 2.24) is 15.1 Å². The summed E-state index contributed by atoms with van der Waals surface area (Å²) >= 11 is 0. The Bertz CT molecular complexity index is 765. The number of nitrogens with one attached hydrogen (secondary N) is 1. The van der Waals surface area contributed by atoms with Crippen LogP contribution in [0.25, 0.3) is 0 Å². The molecule has 0 saturated heterocycles. The van der Waals surface area contributed by atoms with E-state index >= 15 is 0 Å². The van der Waals surface area contributed by atoms with Gasteiger partial charge in [-0.3, -0.25) is 9.48 Å². The first kappa shape index (κ1) is 18.7. The number of carbonyl (C=O) groups excluding carboxylic acids is 1. The highest BCUT2D eigenvalue weighted by atomic mass is 16.4. The largest absolute Gasteiger partial charge is 0.480 e. The van der Waals surface area contributed by atoms with Gasteiger partial charge in [0.05, 0.1) is 12.2 Å². The van der Waals surface area contributed by atoms with E-state index in [-0.39, 0.29) is 11.8 Å². The normalized spacial score (nSPS) is 12.2. The lowest BCUT2D eigenvalue weighted by atomic mass is 10.0. The number of carboxylic acid groups (broad SMARTS) is 1. The number of hydrogen-bond donors (Lipinski definition) is 2. The smallest absolute Gasteiger partial charge is 0.326 e. The zero-order valence-electron chi connectivity index (χ0n) is 15.1. The van der Waals surface area contributed by atoms with E-state index in [2.05, 4.69) is 10.4 Å². The van der Waals surface area contributed by atoms with Gasteiger partial charge in [-0.15, -0.1) is 0 Å². The van der Waals surface area contributed by atoms with Crippen molar-refractivity contribution in [1.29, 1.82) is 0 Å². The summed E-state index contributed by atoms with van der Waals surface area (Å²) in [6, 6.07) is 8.31. The van der Waals surface area contributed by atoms with Crippen molar-refractivity contribution in [2.75, 3.05) is 0 Å². The fraction of sp³-hybridized carbons (Fsp3) is 0.421. The number of rotatable bonds is 7. The molecule has 2 N–H and O–H groups in total. The minimum absolute atomic E-state index is 0.179. The van der Waals surface area contributed by atoms with E-state index in [9.17, 15) is 14.7 Å². The van der Waals surface area contributed by atoms with E-state index in [1.54, 1.807) is 18.2 Å². The number of aryl methyl sites for hydroxylation is 2. The molecule has 1 amide bonds. The summed E-state index contributed by atoms with van der Waals surface area (Å²) < 4.78 is 1.88. The van der Waals surface area contributed by atoms with Gasteiger partial charge in [-0.05, 0) is 49.9 Å². The highest BCUT2D eigenvalue weighted by molar-refractivity contribution is 5.96. The third-order valence-electron chi connectivity index (χ3n) is 3.94. The Morgan fingerprint density at radius 2 is 1.96 bits per heavy atom. The molecule has 134 valence electrons. The first-order valence-corrected chi connectivity index (χ1v) is 8.40. The summed E-state index contributed by atoms with van der Waals surface area (Å²) in [5.74, 6) is -1.21. The van der Waals surface area contributed by atoms with Crippen molar-refractivity contribution in [2.24, 2.45) is 5.92 Å². The second-order valence-corrected chi connectivity index (χ2v) is 6.78. The van der Waals surface area contributed by atoms with E-state index < -0.39 is 12.0 Å². The highest BCUT2D eigenvalue weighted by Crippen LogP contribution is 2.11. The Morgan fingerprint density at radius 1 is 1.24 bits per heavy atom. The van der Waals surface area contributed by atoms with Crippen molar-refractivity contribution >= 4 is 11.9 Å². The monoisotopic (exact) mass is 343 g/mol. The van der Waals surface area contributed by atoms with Crippen molar-refractivity contribution in [3.8, 4) is 0 Å². The zero-order valence-corrected chi connectivity index (χ0v) is 15.1. The molecule has 6 heteroatoms. The van der Waals surface area contributed by atoms with Crippen molar-refractivity contribution in [3.63, 3.8) is 0 Å². The van der Waals surface area contributed by atoms with E-state index in [1.165, 1.54) is 0 Å². The molecule has 2 aromatic rings. The number of carboxylic acids is 1. The van der Waals surface area contributed by atoms with Gasteiger partial charge < -0.3 is 10.4 Å². The number of carbonyl (C=O) groups is 2. The van der Waals surface area contributed by atoms with Crippen molar-refractivity contribution in [3.05, 3.63) is 52.8 Å². The van der Waals surface area contributed by atoms with Crippen LogP contribution in [0.5, 0.6) is 0 Å². The average molecular weight is 343 g/mol. The standard InChI is InChI=1S/C19H25N3O3/c1-12(2)8-17(19(24)25)20-18(23)16-7-5-6-15(10-16)11-22-14(4)9-13(3)21-22/h5-7,9-10,12,17H,8,11H2,1-4H3,(H,20,23)(H,24,25). The molecule has 0 bridgehead atoms. The molecule has 1 aromatic carbocycles. The van der Waals surface area contributed by atoms with E-state index in [1.807, 2.05) is 44.5 Å². The number of benzene rings is 1. The van der Waals surface area contributed by atoms with E-state index in [0.29, 0.717) is 18.5 Å². The maximum Gasteiger partial charge on any atom is 0.326 e. The molecule has 1 heterocycles. The van der Waals surface area contributed by atoms with Gasteiger partial charge in [0.1, 0.15) is 6.04 Å². The molecular formula is C19H25N3O3. The summed E-state index contributed by atoms with van der Waals surface area (Å²) in [4.78, 5) is 23.7. The van der Waals surface area contributed by atoms with Gasteiger partial charge in [0.25, 0.3) is 5.91 Å². The first-order valence-electron chi connectivity index (χ1n) is 8.40. The first-order chi connectivity index (χ1) is 11.8. The Kier molecular flexibility index (Phi) is 5.96. The van der Waals surface area contributed by atoms with Gasteiger partial charge in [-0.25, -0.2) is 4.79 Å². The number of aromatic nitrogens is 2. The number of amides is 1. The van der Waals surface area contributed by atoms with Gasteiger partial charge >= 0.3 is 5.97 Å². The van der Waals surface area contributed by atoms with Crippen LogP contribution in [0, 0.1) is 19.8 Å². The number of nitrogens with zero attached hydrogens (tertiary/aromatic N) is 2. The Morgan fingerprint density at radius 3 is 2.52 bits per heavy atom. The second kappa shape index (κ2) is 7.96. The maximum atomic E-state index is 12.4. The second-order valence-electron chi connectivity index (χ2n) is 6.78. The number of aliphatic carboxylic acids is 1. The molecule has 0 saturated carbocycles. The maximum absolute atomic E-state index is 12.4. The van der Waals surface area contributed by atoms with Crippen LogP contribution in [0.4, 0.5) is 0 Å². The molecule has 0 fully saturated rings. The molecule has 1 unspecified atom stereocenters. The van der Waals surface area contributed by atoms with Crippen LogP contribution in [-0.4, -0.2) is 32.8 Å². The minimum atomic E-state index is -1.01. The average Bonchev–Trinajstić information content (AvgIpc) is 2.84. The van der Waals surface area contributed by atoms with Crippen LogP contribution in [0.1, 0.15) is 47.6 Å². The molecular weight excluding hydrogens is 318 g/mol. The predicted octanol–water partition coefficient (Wildman–Crippen LogP) is 2.78. The van der Waals surface area contributed by atoms with Gasteiger partial charge in [-0.2, -0.15) is 5.10 Å². The summed E-state index contributed by atoms with van der Waals surface area (Å²) in [6.45, 7) is 8.34. The Hall–Kier alpha value is -2.63. The third-order valence-corrected chi connectivity index (χ3v) is 3.94. The molecule has 25 heavy (non-hydrogen) atoms. The molecule has 6 nitrogen and oxygen atoms in total. The van der Waals surface area contributed by atoms with E-state index in [0.717, 1.165) is 17.0 Å². The summed E-state index contributed by atoms with van der Waals surface area (Å²) in [6.07, 6.45) is 0.395. The fourth-order valence-electron chi connectivity index (χ4n) is 2.75. The van der Waals surface area contributed by atoms with Crippen LogP contribution in [0.2, 0.25) is 0 Å². The van der Waals surface area contributed by atoms with Gasteiger partial charge in [-0.1, -0.05) is 26.0 Å². The van der Waals surface area contributed by atoms with Crippen molar-refractivity contribution in [2.45, 2.75) is 46.7 Å². The lowest BCUT2D eigenvalue weighted by Gasteiger charge is -2.16. The molecule has 2 rings (SSSR count). The van der Waals surface area contributed by atoms with Crippen molar-refractivity contribution < 1.29 is 14.7 Å². The Balaban J connectivity index is 2.13. The molecule has 0 spiro atoms. The van der Waals surface area contributed by atoms with Crippen LogP contribution < -0.4 is 5.32 Å². The van der Waals surface area contributed by atoms with Crippen LogP contribution in [-0.2, 0) is 11.3 Å². The SMILES string of the molecule is Cc1cc(C)n(Cc2cccc(C(=O)NC(CC(C)C)C(=O)O)c2)n1. The highest BCUT2D eigenvalue weighted by Gasteiger charge is 2.21. The Labute approximate surface area is 147 Å². The lowest BCUT2D eigenvalue weighted by Crippen LogP contribution is -2.41. The summed E-state index contributed by atoms with van der Waals surface area (Å²) in [5, 5.41) is 16.3. The van der Waals surface area contributed by atoms with Gasteiger partial charge in [0, 0.05) is 11.3 Å². The quantitative estimate of drug-likeness (QED) is 0.809. The molecule has 0 aliphatic heterocycles. The molecule has 0 aliphatic rings. The topological polar surface area (TPSA) is 84.2 Å². The summed E-state index contributed by atoms with van der Waals surface area (Å²) in [7, 11) is 0. The third kappa shape index (κ3) is 5.17. The molecule has 0 radical (unpaired) electrons. The zero-order chi connectivity index (χ0) is 18.6. The molecule has 1 atom stereocenters. The van der Waals surface area contributed by atoms with Gasteiger partial charge in [0.15, 0.2) is 0 Å². The lowest BCUT2D eigenvalue weighted by molar-refractivity contribution is -0.139. The van der Waals surface area contributed by atoms with Crippen LogP contribution in [0.3, 0.4) is 0 Å².